The van der Waals surface area contributed by atoms with E-state index in [0.29, 0.717) is 6.54 Å². The minimum absolute atomic E-state index is 0.658. The number of hydrogen-bond acceptors (Lipinski definition) is 5. The number of hydrogen-bond donors (Lipinski definition) is 2. The van der Waals surface area contributed by atoms with Crippen LogP contribution in [0.2, 0.25) is 0 Å². The molecule has 23 heavy (non-hydrogen) atoms. The van der Waals surface area contributed by atoms with Crippen LogP contribution in [0.15, 0.2) is 29.0 Å². The van der Waals surface area contributed by atoms with E-state index < -0.39 is 0 Å². The van der Waals surface area contributed by atoms with Crippen molar-refractivity contribution < 1.29 is 0 Å². The van der Waals surface area contributed by atoms with E-state index in [1.54, 1.807) is 29.7 Å². The molecule has 0 atom stereocenters. The molecule has 8 heteroatoms. The van der Waals surface area contributed by atoms with Crippen molar-refractivity contribution in [2.24, 2.45) is 4.99 Å². The first-order valence-electron chi connectivity index (χ1n) is 7.57. The Kier molecular flexibility index (Phi) is 5.24. The van der Waals surface area contributed by atoms with E-state index in [1.807, 2.05) is 28.4 Å². The van der Waals surface area contributed by atoms with Crippen LogP contribution in [0.4, 0.5) is 0 Å². The quantitative estimate of drug-likeness (QED) is 0.530. The Morgan fingerprint density at radius 3 is 3.04 bits per heavy atom. The van der Waals surface area contributed by atoms with Crippen molar-refractivity contribution >= 4 is 33.6 Å². The summed E-state index contributed by atoms with van der Waals surface area (Å²) in [4.78, 5) is 15.6. The van der Waals surface area contributed by atoms with E-state index in [4.69, 9.17) is 0 Å². The number of imidazole rings is 1. The Morgan fingerprint density at radius 2 is 2.30 bits per heavy atom. The molecule has 122 valence electrons. The standard InChI is InChI=1S/C15H20N6S2/c1-3-12-9-18-13(23-12)4-5-17-14(16-2)19-8-11-10-21-6-7-22-15(21)20-11/h6-7,9-10H,3-5,8H2,1-2H3,(H2,16,17,19). The predicted octanol–water partition coefficient (Wildman–Crippen LogP) is 2.32. The van der Waals surface area contributed by atoms with E-state index in [2.05, 4.69) is 32.5 Å². The van der Waals surface area contributed by atoms with Gasteiger partial charge in [-0.25, -0.2) is 9.97 Å². The number of aromatic nitrogens is 3. The molecule has 0 radical (unpaired) electrons. The summed E-state index contributed by atoms with van der Waals surface area (Å²) in [5.41, 5.74) is 1.01. The summed E-state index contributed by atoms with van der Waals surface area (Å²) in [5.74, 6) is 0.786. The molecule has 0 aliphatic heterocycles. The molecule has 3 aromatic rings. The van der Waals surface area contributed by atoms with Gasteiger partial charge in [0.25, 0.3) is 0 Å². The van der Waals surface area contributed by atoms with Gasteiger partial charge in [-0.1, -0.05) is 6.92 Å². The van der Waals surface area contributed by atoms with Crippen molar-refractivity contribution in [1.82, 2.24) is 25.0 Å². The van der Waals surface area contributed by atoms with Crippen LogP contribution in [-0.2, 0) is 19.4 Å². The maximum absolute atomic E-state index is 4.55. The normalized spacial score (nSPS) is 12.0. The molecule has 0 aliphatic rings. The first-order valence-corrected chi connectivity index (χ1v) is 9.27. The van der Waals surface area contributed by atoms with E-state index in [-0.39, 0.29) is 0 Å². The first kappa shape index (κ1) is 15.9. The summed E-state index contributed by atoms with van der Waals surface area (Å²) in [6, 6.07) is 0. The molecular formula is C15H20N6S2. The smallest absolute Gasteiger partial charge is 0.193 e. The first-order chi connectivity index (χ1) is 11.3. The number of nitrogens with zero attached hydrogens (tertiary/aromatic N) is 4. The summed E-state index contributed by atoms with van der Waals surface area (Å²) in [6.07, 6.45) is 7.98. The third-order valence-electron chi connectivity index (χ3n) is 3.38. The van der Waals surface area contributed by atoms with Crippen molar-refractivity contribution in [3.8, 4) is 0 Å². The Bertz CT molecular complexity index is 756. The van der Waals surface area contributed by atoms with Gasteiger partial charge in [0.15, 0.2) is 10.9 Å². The van der Waals surface area contributed by atoms with Gasteiger partial charge in [0.1, 0.15) is 0 Å². The summed E-state index contributed by atoms with van der Waals surface area (Å²) >= 11 is 3.42. The summed E-state index contributed by atoms with van der Waals surface area (Å²) in [7, 11) is 1.78. The van der Waals surface area contributed by atoms with Crippen LogP contribution in [0.25, 0.3) is 4.96 Å². The van der Waals surface area contributed by atoms with Crippen LogP contribution >= 0.6 is 22.7 Å². The lowest BCUT2D eigenvalue weighted by Gasteiger charge is -2.10. The molecule has 2 N–H and O–H groups in total. The highest BCUT2D eigenvalue weighted by molar-refractivity contribution is 7.15. The minimum atomic E-state index is 0.658. The highest BCUT2D eigenvalue weighted by Gasteiger charge is 2.05. The van der Waals surface area contributed by atoms with Crippen molar-refractivity contribution in [3.63, 3.8) is 0 Å². The fourth-order valence-corrected chi connectivity index (χ4v) is 3.75. The maximum Gasteiger partial charge on any atom is 0.193 e. The number of aliphatic imine (C=N–C) groups is 1. The number of aryl methyl sites for hydroxylation is 1. The number of rotatable bonds is 6. The fraction of sp³-hybridized carbons (Fsp3) is 0.400. The SMILES string of the molecule is CCc1cnc(CCNC(=NC)NCc2cn3ccsc3n2)s1. The zero-order valence-electron chi connectivity index (χ0n) is 13.2. The average molecular weight is 349 g/mol. The molecule has 0 unspecified atom stereocenters. The van der Waals surface area contributed by atoms with Gasteiger partial charge in [-0.3, -0.25) is 9.39 Å². The van der Waals surface area contributed by atoms with Crippen LogP contribution in [0.1, 0.15) is 22.5 Å². The Morgan fingerprint density at radius 1 is 1.39 bits per heavy atom. The van der Waals surface area contributed by atoms with E-state index in [1.165, 1.54) is 9.88 Å². The summed E-state index contributed by atoms with van der Waals surface area (Å²) in [6.45, 7) is 3.63. The van der Waals surface area contributed by atoms with Crippen molar-refractivity contribution in [1.29, 1.82) is 0 Å². The van der Waals surface area contributed by atoms with Gasteiger partial charge in [-0.15, -0.1) is 22.7 Å². The molecule has 6 nitrogen and oxygen atoms in total. The molecule has 3 heterocycles. The fourth-order valence-electron chi connectivity index (χ4n) is 2.17. The van der Waals surface area contributed by atoms with Gasteiger partial charge in [-0.05, 0) is 6.42 Å². The lowest BCUT2D eigenvalue weighted by atomic mass is 10.4. The molecule has 0 saturated carbocycles. The minimum Gasteiger partial charge on any atom is -0.356 e. The molecule has 0 aromatic carbocycles. The highest BCUT2D eigenvalue weighted by Crippen LogP contribution is 2.13. The molecule has 3 rings (SSSR count). The largest absolute Gasteiger partial charge is 0.356 e. The molecular weight excluding hydrogens is 328 g/mol. The topological polar surface area (TPSA) is 66.6 Å². The van der Waals surface area contributed by atoms with Crippen LogP contribution in [-0.4, -0.2) is 33.9 Å². The second-order valence-electron chi connectivity index (χ2n) is 5.00. The van der Waals surface area contributed by atoms with Crippen LogP contribution < -0.4 is 10.6 Å². The van der Waals surface area contributed by atoms with Crippen molar-refractivity contribution in [2.45, 2.75) is 26.3 Å². The van der Waals surface area contributed by atoms with Crippen molar-refractivity contribution in [3.05, 3.63) is 39.5 Å². The summed E-state index contributed by atoms with van der Waals surface area (Å²) < 4.78 is 2.03. The van der Waals surface area contributed by atoms with Crippen LogP contribution in [0, 0.1) is 0 Å². The zero-order chi connectivity index (χ0) is 16.1. The number of fused-ring (bicyclic) bond motifs is 1. The third-order valence-corrected chi connectivity index (χ3v) is 5.36. The lowest BCUT2D eigenvalue weighted by molar-refractivity contribution is 0.784. The van der Waals surface area contributed by atoms with Crippen LogP contribution in [0.3, 0.4) is 0 Å². The maximum atomic E-state index is 4.55. The molecule has 0 spiro atoms. The molecule has 0 fully saturated rings. The van der Waals surface area contributed by atoms with Crippen LogP contribution in [0.5, 0.6) is 0 Å². The number of thiazole rings is 2. The van der Waals surface area contributed by atoms with Gasteiger partial charge in [0, 0.05) is 48.9 Å². The van der Waals surface area contributed by atoms with Gasteiger partial charge in [0.2, 0.25) is 0 Å². The van der Waals surface area contributed by atoms with E-state index >= 15 is 0 Å². The monoisotopic (exact) mass is 348 g/mol. The molecule has 0 amide bonds. The number of guanidine groups is 1. The summed E-state index contributed by atoms with van der Waals surface area (Å²) in [5, 5.41) is 9.80. The van der Waals surface area contributed by atoms with Crippen molar-refractivity contribution in [2.75, 3.05) is 13.6 Å². The second kappa shape index (κ2) is 7.56. The Hall–Kier alpha value is -1.93. The Labute approximate surface area is 143 Å². The zero-order valence-corrected chi connectivity index (χ0v) is 14.9. The highest BCUT2D eigenvalue weighted by atomic mass is 32.1. The molecule has 0 aliphatic carbocycles. The lowest BCUT2D eigenvalue weighted by Crippen LogP contribution is -2.37. The Balaban J connectivity index is 1.45. The van der Waals surface area contributed by atoms with Gasteiger partial charge in [0.05, 0.1) is 17.2 Å². The van der Waals surface area contributed by atoms with E-state index in [0.717, 1.165) is 36.0 Å². The molecule has 0 bridgehead atoms. The van der Waals surface area contributed by atoms with Gasteiger partial charge < -0.3 is 10.6 Å². The third kappa shape index (κ3) is 4.08. The van der Waals surface area contributed by atoms with Gasteiger partial charge >= 0.3 is 0 Å². The second-order valence-corrected chi connectivity index (χ2v) is 7.07. The van der Waals surface area contributed by atoms with E-state index in [9.17, 15) is 0 Å². The molecule has 3 aromatic heterocycles. The molecule has 0 saturated heterocycles. The predicted molar refractivity (Wildman–Crippen MR) is 96.5 cm³/mol. The van der Waals surface area contributed by atoms with Gasteiger partial charge in [-0.2, -0.15) is 0 Å². The average Bonchev–Trinajstić information content (AvgIpc) is 3.26. The number of nitrogens with one attached hydrogen (secondary N) is 2.